The normalized spacial score (nSPS) is 11.0. The zero-order chi connectivity index (χ0) is 41.8. The fourth-order valence-electron chi connectivity index (χ4n) is 3.54. The molecule has 0 saturated heterocycles. The Balaban J connectivity index is 0.000000643. The third kappa shape index (κ3) is 20.6. The number of rotatable bonds is 6. The SMILES string of the molecule is CC(C)Cl.CC(C)Oc1ccc([N+](=O)[O-])cc1.CC(C)n1cc[n+](C)c1.CC(C)n1ccnc1.CC(C)n1nnc2ccccc21.O=S(=O)([O-])C(F)(F)F. The number of nitrogens with zero attached hydrogens (tertiary/aromatic N) is 8. The molecule has 5 aromatic rings. The molecule has 0 saturated carbocycles. The summed E-state index contributed by atoms with van der Waals surface area (Å²) in [6.07, 6.45) is 11.9. The van der Waals surface area contributed by atoms with E-state index in [0.29, 0.717) is 29.3 Å². The van der Waals surface area contributed by atoms with Gasteiger partial charge >= 0.3 is 5.51 Å². The minimum Gasteiger partial charge on any atom is -0.741 e. The van der Waals surface area contributed by atoms with Gasteiger partial charge in [0.25, 0.3) is 5.69 Å². The van der Waals surface area contributed by atoms with Crippen molar-refractivity contribution in [3.8, 4) is 5.75 Å². The van der Waals surface area contributed by atoms with Crippen LogP contribution in [0.15, 0.2) is 86.0 Å². The highest BCUT2D eigenvalue weighted by molar-refractivity contribution is 7.86. The van der Waals surface area contributed by atoms with Crippen LogP contribution < -0.4 is 9.30 Å². The Morgan fingerprint density at radius 1 is 0.870 bits per heavy atom. The number of imidazole rings is 2. The van der Waals surface area contributed by atoms with Crippen molar-refractivity contribution in [1.82, 2.24) is 29.1 Å². The van der Waals surface area contributed by atoms with Gasteiger partial charge in [-0.2, -0.15) is 13.2 Å². The molecular weight excluding hydrogens is 753 g/mol. The quantitative estimate of drug-likeness (QED) is 0.0409. The van der Waals surface area contributed by atoms with Gasteiger partial charge in [0.15, 0.2) is 10.1 Å². The molecule has 0 unspecified atom stereocenters. The molecule has 0 aliphatic carbocycles. The van der Waals surface area contributed by atoms with E-state index in [4.69, 9.17) is 29.3 Å². The number of nitro benzene ring substituents is 1. The predicted molar refractivity (Wildman–Crippen MR) is 202 cm³/mol. The van der Waals surface area contributed by atoms with E-state index >= 15 is 0 Å². The molecule has 0 spiro atoms. The maximum Gasteiger partial charge on any atom is 0.485 e. The summed E-state index contributed by atoms with van der Waals surface area (Å²) in [6.45, 7) is 20.5. The lowest BCUT2D eigenvalue weighted by molar-refractivity contribution is -0.671. The molecule has 0 amide bonds. The molecular formula is C35H52ClF3N8O6S. The number of hydrogen-bond acceptors (Lipinski definition) is 9. The fourth-order valence-corrected chi connectivity index (χ4v) is 3.54. The van der Waals surface area contributed by atoms with Gasteiger partial charge in [0, 0.05) is 42.0 Å². The smallest absolute Gasteiger partial charge is 0.485 e. The van der Waals surface area contributed by atoms with Crippen molar-refractivity contribution < 1.29 is 40.4 Å². The Hall–Kier alpha value is -4.55. The topological polar surface area (TPSA) is 167 Å². The van der Waals surface area contributed by atoms with Crippen LogP contribution in [-0.2, 0) is 17.2 Å². The van der Waals surface area contributed by atoms with Crippen molar-refractivity contribution in [3.63, 3.8) is 0 Å². The van der Waals surface area contributed by atoms with E-state index in [1.807, 2.05) is 87.0 Å². The zero-order valence-electron chi connectivity index (χ0n) is 32.4. The summed E-state index contributed by atoms with van der Waals surface area (Å²) in [5, 5.41) is 18.7. The Morgan fingerprint density at radius 2 is 1.39 bits per heavy atom. The largest absolute Gasteiger partial charge is 0.741 e. The molecule has 302 valence electrons. The van der Waals surface area contributed by atoms with Crippen LogP contribution in [0, 0.1) is 10.1 Å². The number of nitro groups is 1. The van der Waals surface area contributed by atoms with Crippen molar-refractivity contribution in [2.24, 2.45) is 7.05 Å². The molecule has 14 nitrogen and oxygen atoms in total. The molecule has 5 rings (SSSR count). The number of non-ortho nitro benzene ring substituents is 1. The van der Waals surface area contributed by atoms with Gasteiger partial charge in [-0.25, -0.2) is 27.2 Å². The van der Waals surface area contributed by atoms with Crippen LogP contribution in [0.3, 0.4) is 0 Å². The van der Waals surface area contributed by atoms with E-state index in [9.17, 15) is 23.3 Å². The van der Waals surface area contributed by atoms with E-state index in [2.05, 4.69) is 78.5 Å². The van der Waals surface area contributed by atoms with E-state index in [1.165, 1.54) is 12.1 Å². The molecule has 0 radical (unpaired) electrons. The molecule has 19 heteroatoms. The third-order valence-corrected chi connectivity index (χ3v) is 6.64. The van der Waals surface area contributed by atoms with E-state index in [0.717, 1.165) is 11.0 Å². The molecule has 0 fully saturated rings. The number of hydrogen-bond donors (Lipinski definition) is 0. The van der Waals surface area contributed by atoms with Gasteiger partial charge < -0.3 is 13.9 Å². The van der Waals surface area contributed by atoms with Gasteiger partial charge in [-0.05, 0) is 93.5 Å². The maximum atomic E-state index is 10.7. The summed E-state index contributed by atoms with van der Waals surface area (Å²) < 4.78 is 72.4. The van der Waals surface area contributed by atoms with Gasteiger partial charge in [0.2, 0.25) is 6.33 Å². The second-order valence-corrected chi connectivity index (χ2v) is 14.9. The van der Waals surface area contributed by atoms with Crippen molar-refractivity contribution in [1.29, 1.82) is 0 Å². The summed E-state index contributed by atoms with van der Waals surface area (Å²) in [4.78, 5) is 13.8. The second-order valence-electron chi connectivity index (χ2n) is 12.7. The predicted octanol–water partition coefficient (Wildman–Crippen LogP) is 8.44. The Kier molecular flexibility index (Phi) is 22.0. The number of fused-ring (bicyclic) bond motifs is 1. The average molecular weight is 805 g/mol. The standard InChI is InChI=1S/C9H11N3.C9H11NO3.C7H13N2.C6H10N2.C3H7Cl.CHF3O3S/c1-7(2)12-9-6-4-3-5-8(9)10-11-12;1-7(2)13-9-5-3-8(4-6-9)10(11)12;1-7(2)9-5-4-8(3)6-9;1-6(2)8-4-3-7-5-8;1-3(2)4;2-1(3,4)8(5,6)7/h3-7H,1-2H3;3-7H,1-2H3;4-7H,1-3H3;3-6H,1-2H3;3H,1-2H3;(H,5,6,7)/q;;+1;;;/p-1. The first-order chi connectivity index (χ1) is 24.9. The van der Waals surface area contributed by atoms with Gasteiger partial charge in [-0.15, -0.1) is 16.7 Å². The van der Waals surface area contributed by atoms with Crippen LogP contribution in [0.1, 0.15) is 87.4 Å². The van der Waals surface area contributed by atoms with Crippen LogP contribution in [-0.4, -0.2) is 64.0 Å². The van der Waals surface area contributed by atoms with Crippen LogP contribution >= 0.6 is 11.6 Å². The molecule has 3 aromatic heterocycles. The zero-order valence-corrected chi connectivity index (χ0v) is 34.0. The van der Waals surface area contributed by atoms with Gasteiger partial charge in [0.05, 0.1) is 36.0 Å². The average Bonchev–Trinajstić information content (AvgIpc) is 3.83. The summed E-state index contributed by atoms with van der Waals surface area (Å²) in [6, 6.07) is 15.5. The molecule has 0 bridgehead atoms. The highest BCUT2D eigenvalue weighted by atomic mass is 35.5. The summed E-state index contributed by atoms with van der Waals surface area (Å²) in [5.41, 5.74) is -3.50. The Labute approximate surface area is 320 Å². The summed E-state index contributed by atoms with van der Waals surface area (Å²) in [7, 11) is -4.06. The number of benzene rings is 2. The molecule has 0 N–H and O–H groups in total. The minimum atomic E-state index is -6.09. The molecule has 54 heavy (non-hydrogen) atoms. The van der Waals surface area contributed by atoms with Crippen LogP contribution in [0.25, 0.3) is 11.0 Å². The number of ether oxygens (including phenoxy) is 1. The van der Waals surface area contributed by atoms with Crippen molar-refractivity contribution >= 4 is 38.4 Å². The minimum absolute atomic E-state index is 0.0797. The van der Waals surface area contributed by atoms with Crippen molar-refractivity contribution in [2.75, 3.05) is 0 Å². The lowest BCUT2D eigenvalue weighted by Gasteiger charge is -2.08. The van der Waals surface area contributed by atoms with Crippen LogP contribution in [0.4, 0.5) is 18.9 Å². The monoisotopic (exact) mass is 804 g/mol. The first-order valence-corrected chi connectivity index (χ1v) is 18.6. The Morgan fingerprint density at radius 3 is 1.72 bits per heavy atom. The lowest BCUT2D eigenvalue weighted by atomic mass is 10.3. The maximum absolute atomic E-state index is 10.7. The number of halogens is 4. The number of alkyl halides is 4. The highest BCUT2D eigenvalue weighted by Crippen LogP contribution is 2.20. The first kappa shape index (κ1) is 49.4. The van der Waals surface area contributed by atoms with Gasteiger partial charge in [-0.1, -0.05) is 17.3 Å². The van der Waals surface area contributed by atoms with Gasteiger partial charge in [-0.3, -0.25) is 10.1 Å². The van der Waals surface area contributed by atoms with Crippen LogP contribution in [0.2, 0.25) is 0 Å². The molecule has 3 heterocycles. The first-order valence-electron chi connectivity index (χ1n) is 16.7. The lowest BCUT2D eigenvalue weighted by Crippen LogP contribution is -2.23. The van der Waals surface area contributed by atoms with Crippen molar-refractivity contribution in [2.45, 2.75) is 104 Å². The summed E-state index contributed by atoms with van der Waals surface area (Å²) >= 11 is 5.27. The van der Waals surface area contributed by atoms with E-state index in [1.54, 1.807) is 18.3 Å². The Bertz CT molecular complexity index is 1860. The summed E-state index contributed by atoms with van der Waals surface area (Å²) in [5.74, 6) is 0.653. The van der Waals surface area contributed by atoms with E-state index in [-0.39, 0.29) is 11.8 Å². The van der Waals surface area contributed by atoms with Crippen molar-refractivity contribution in [3.05, 3.63) is 96.1 Å². The molecule has 0 aliphatic rings. The van der Waals surface area contributed by atoms with Crippen LogP contribution in [0.5, 0.6) is 5.75 Å². The molecule has 2 aromatic carbocycles. The number of aryl methyl sites for hydroxylation is 1. The second kappa shape index (κ2) is 24.0. The highest BCUT2D eigenvalue weighted by Gasteiger charge is 2.36. The molecule has 0 atom stereocenters. The van der Waals surface area contributed by atoms with Gasteiger partial charge in [0.1, 0.15) is 23.7 Å². The van der Waals surface area contributed by atoms with E-state index < -0.39 is 20.5 Å². The molecule has 0 aliphatic heterocycles. The third-order valence-electron chi connectivity index (χ3n) is 6.08. The number of aromatic nitrogens is 7. The fraction of sp³-hybridized carbons (Fsp3) is 0.486. The number of para-hydroxylation sites is 1.